The first kappa shape index (κ1) is 13.0. The van der Waals surface area contributed by atoms with E-state index in [1.807, 2.05) is 30.3 Å². The van der Waals surface area contributed by atoms with E-state index in [0.29, 0.717) is 16.8 Å². The molecule has 1 amide bonds. The van der Waals surface area contributed by atoms with Crippen LogP contribution in [-0.4, -0.2) is 17.2 Å². The maximum absolute atomic E-state index is 12.2. The number of fused-ring (bicyclic) bond motifs is 1. The summed E-state index contributed by atoms with van der Waals surface area (Å²) in [5.74, 6) is -0.231. The highest BCUT2D eigenvalue weighted by molar-refractivity contribution is 6.08. The first-order chi connectivity index (χ1) is 10.3. The molecule has 0 saturated heterocycles. The summed E-state index contributed by atoms with van der Waals surface area (Å²) in [4.78, 5) is 27.1. The molecule has 0 bridgehead atoms. The zero-order chi connectivity index (χ0) is 14.7. The molecule has 1 N–H and O–H groups in total. The smallest absolute Gasteiger partial charge is 0.255 e. The number of hydrogen-bond donors (Lipinski definition) is 1. The molecule has 102 valence electrons. The highest BCUT2D eigenvalue weighted by Gasteiger charge is 2.08. The van der Waals surface area contributed by atoms with Crippen LogP contribution in [0, 0.1) is 0 Å². The molecule has 3 rings (SSSR count). The minimum atomic E-state index is -0.231. The Morgan fingerprint density at radius 2 is 1.76 bits per heavy atom. The second-order valence-electron chi connectivity index (χ2n) is 4.57. The maximum Gasteiger partial charge on any atom is 0.255 e. The first-order valence-corrected chi connectivity index (χ1v) is 6.48. The molecule has 3 aromatic rings. The van der Waals surface area contributed by atoms with Gasteiger partial charge in [-0.25, -0.2) is 0 Å². The van der Waals surface area contributed by atoms with E-state index < -0.39 is 0 Å². The van der Waals surface area contributed by atoms with Crippen molar-refractivity contribution in [2.75, 3.05) is 5.32 Å². The number of aromatic nitrogens is 1. The van der Waals surface area contributed by atoms with Crippen LogP contribution in [0.2, 0.25) is 0 Å². The molecule has 2 aromatic carbocycles. The molecule has 4 heteroatoms. The van der Waals surface area contributed by atoms with Gasteiger partial charge in [0.05, 0.1) is 11.2 Å². The van der Waals surface area contributed by atoms with Crippen molar-refractivity contribution in [1.82, 2.24) is 4.98 Å². The number of amides is 1. The molecular formula is C17H12N2O2. The van der Waals surface area contributed by atoms with Gasteiger partial charge in [0.15, 0.2) is 0 Å². The van der Waals surface area contributed by atoms with Gasteiger partial charge >= 0.3 is 0 Å². The van der Waals surface area contributed by atoms with Gasteiger partial charge in [0, 0.05) is 22.7 Å². The Bertz CT molecular complexity index is 805. The Labute approximate surface area is 121 Å². The number of aldehydes is 1. The number of pyridine rings is 1. The lowest BCUT2D eigenvalue weighted by atomic mass is 10.1. The monoisotopic (exact) mass is 276 g/mol. The number of nitrogens with one attached hydrogen (secondary N) is 1. The Balaban J connectivity index is 1.90. The molecule has 21 heavy (non-hydrogen) atoms. The zero-order valence-corrected chi connectivity index (χ0v) is 11.1. The van der Waals surface area contributed by atoms with Gasteiger partial charge in [-0.3, -0.25) is 14.6 Å². The number of carbonyl (C=O) groups is 2. The molecule has 0 aliphatic carbocycles. The Kier molecular flexibility index (Phi) is 3.43. The number of para-hydroxylation sites is 1. The van der Waals surface area contributed by atoms with Crippen molar-refractivity contribution in [3.05, 3.63) is 71.9 Å². The van der Waals surface area contributed by atoms with E-state index in [9.17, 15) is 9.59 Å². The molecule has 1 aromatic heterocycles. The fourth-order valence-corrected chi connectivity index (χ4v) is 2.11. The quantitative estimate of drug-likeness (QED) is 0.747. The highest BCUT2D eigenvalue weighted by Crippen LogP contribution is 2.21. The average molecular weight is 276 g/mol. The van der Waals surface area contributed by atoms with Crippen molar-refractivity contribution in [1.29, 1.82) is 0 Å². The van der Waals surface area contributed by atoms with Crippen LogP contribution in [0.25, 0.3) is 10.9 Å². The lowest BCUT2D eigenvalue weighted by Crippen LogP contribution is -2.12. The summed E-state index contributed by atoms with van der Waals surface area (Å²) in [6.07, 6.45) is 2.44. The number of anilines is 1. The van der Waals surface area contributed by atoms with E-state index in [1.165, 1.54) is 0 Å². The van der Waals surface area contributed by atoms with Crippen molar-refractivity contribution in [2.45, 2.75) is 0 Å². The second kappa shape index (κ2) is 5.54. The van der Waals surface area contributed by atoms with Crippen molar-refractivity contribution in [3.63, 3.8) is 0 Å². The van der Waals surface area contributed by atoms with Crippen LogP contribution < -0.4 is 5.32 Å². The second-order valence-corrected chi connectivity index (χ2v) is 4.57. The summed E-state index contributed by atoms with van der Waals surface area (Å²) in [6, 6.07) is 15.9. The van der Waals surface area contributed by atoms with Gasteiger partial charge in [0.1, 0.15) is 6.29 Å². The van der Waals surface area contributed by atoms with Gasteiger partial charge in [-0.15, -0.1) is 0 Å². The van der Waals surface area contributed by atoms with Crippen LogP contribution in [-0.2, 0) is 0 Å². The normalized spacial score (nSPS) is 10.3. The number of benzene rings is 2. The third-order valence-electron chi connectivity index (χ3n) is 3.19. The molecule has 0 saturated carbocycles. The molecule has 0 aliphatic rings. The SMILES string of the molecule is O=Cc1ccc(C(=O)Nc2cccc3cccnc23)cc1. The topological polar surface area (TPSA) is 59.1 Å². The van der Waals surface area contributed by atoms with Crippen LogP contribution in [0.5, 0.6) is 0 Å². The summed E-state index contributed by atoms with van der Waals surface area (Å²) in [5.41, 5.74) is 2.45. The number of carbonyl (C=O) groups excluding carboxylic acids is 2. The van der Waals surface area contributed by atoms with Crippen molar-refractivity contribution in [3.8, 4) is 0 Å². The summed E-state index contributed by atoms with van der Waals surface area (Å²) >= 11 is 0. The van der Waals surface area contributed by atoms with Crippen LogP contribution >= 0.6 is 0 Å². The van der Waals surface area contributed by atoms with Gasteiger partial charge in [-0.2, -0.15) is 0 Å². The fraction of sp³-hybridized carbons (Fsp3) is 0. The predicted octanol–water partition coefficient (Wildman–Crippen LogP) is 3.30. The van der Waals surface area contributed by atoms with Crippen LogP contribution in [0.3, 0.4) is 0 Å². The van der Waals surface area contributed by atoms with Gasteiger partial charge in [-0.1, -0.05) is 30.3 Å². The summed E-state index contributed by atoms with van der Waals surface area (Å²) in [6.45, 7) is 0. The lowest BCUT2D eigenvalue weighted by molar-refractivity contribution is 0.102. The van der Waals surface area contributed by atoms with Crippen molar-refractivity contribution >= 4 is 28.8 Å². The molecule has 0 atom stereocenters. The number of hydrogen-bond acceptors (Lipinski definition) is 3. The number of rotatable bonds is 3. The molecule has 0 unspecified atom stereocenters. The molecule has 4 nitrogen and oxygen atoms in total. The Morgan fingerprint density at radius 1 is 1.00 bits per heavy atom. The minimum absolute atomic E-state index is 0.231. The van der Waals surface area contributed by atoms with Crippen LogP contribution in [0.4, 0.5) is 5.69 Å². The van der Waals surface area contributed by atoms with Crippen molar-refractivity contribution < 1.29 is 9.59 Å². The van der Waals surface area contributed by atoms with E-state index in [2.05, 4.69) is 10.3 Å². The first-order valence-electron chi connectivity index (χ1n) is 6.48. The predicted molar refractivity (Wildman–Crippen MR) is 81.5 cm³/mol. The van der Waals surface area contributed by atoms with E-state index in [1.54, 1.807) is 30.5 Å². The van der Waals surface area contributed by atoms with Crippen molar-refractivity contribution in [2.24, 2.45) is 0 Å². The van der Waals surface area contributed by atoms with Crippen LogP contribution in [0.1, 0.15) is 20.7 Å². The van der Waals surface area contributed by atoms with Gasteiger partial charge in [-0.05, 0) is 24.3 Å². The zero-order valence-electron chi connectivity index (χ0n) is 11.1. The third kappa shape index (κ3) is 2.65. The molecule has 1 heterocycles. The van der Waals surface area contributed by atoms with E-state index in [-0.39, 0.29) is 5.91 Å². The number of nitrogens with zero attached hydrogens (tertiary/aromatic N) is 1. The Morgan fingerprint density at radius 3 is 2.52 bits per heavy atom. The summed E-state index contributed by atoms with van der Waals surface area (Å²) in [5, 5.41) is 3.81. The molecule has 0 spiro atoms. The minimum Gasteiger partial charge on any atom is -0.320 e. The molecule has 0 aliphatic heterocycles. The molecule has 0 fully saturated rings. The average Bonchev–Trinajstić information content (AvgIpc) is 2.55. The highest BCUT2D eigenvalue weighted by atomic mass is 16.1. The lowest BCUT2D eigenvalue weighted by Gasteiger charge is -2.08. The van der Waals surface area contributed by atoms with Gasteiger partial charge < -0.3 is 5.32 Å². The third-order valence-corrected chi connectivity index (χ3v) is 3.19. The Hall–Kier alpha value is -3.01. The molecule has 0 radical (unpaired) electrons. The largest absolute Gasteiger partial charge is 0.320 e. The van der Waals surface area contributed by atoms with E-state index >= 15 is 0 Å². The summed E-state index contributed by atoms with van der Waals surface area (Å²) < 4.78 is 0. The summed E-state index contributed by atoms with van der Waals surface area (Å²) in [7, 11) is 0. The van der Waals surface area contributed by atoms with Gasteiger partial charge in [0.2, 0.25) is 0 Å². The van der Waals surface area contributed by atoms with E-state index in [4.69, 9.17) is 0 Å². The maximum atomic E-state index is 12.2. The van der Waals surface area contributed by atoms with Gasteiger partial charge in [0.25, 0.3) is 5.91 Å². The van der Waals surface area contributed by atoms with E-state index in [0.717, 1.165) is 17.2 Å². The standard InChI is InChI=1S/C17H12N2O2/c20-11-12-6-8-14(9-7-12)17(21)19-15-5-1-3-13-4-2-10-18-16(13)15/h1-11H,(H,19,21). The fourth-order valence-electron chi connectivity index (χ4n) is 2.11. The van der Waals surface area contributed by atoms with Crippen LogP contribution in [0.15, 0.2) is 60.8 Å². The molecular weight excluding hydrogens is 264 g/mol.